The van der Waals surface area contributed by atoms with Gasteiger partial charge < -0.3 is 9.47 Å². The number of benzene rings is 2. The zero-order valence-corrected chi connectivity index (χ0v) is 20.1. The van der Waals surface area contributed by atoms with E-state index in [1.807, 2.05) is 30.5 Å². The normalized spacial score (nSPS) is 15.7. The minimum absolute atomic E-state index is 0.0587. The van der Waals surface area contributed by atoms with Crippen molar-refractivity contribution in [3.05, 3.63) is 54.2 Å². The second-order valence-corrected chi connectivity index (χ2v) is 11.1. The van der Waals surface area contributed by atoms with Crippen LogP contribution < -0.4 is 0 Å². The lowest BCUT2D eigenvalue weighted by Crippen LogP contribution is -2.50. The number of rotatable bonds is 5. The molecule has 0 bridgehead atoms. The number of sulfonamides is 1. The van der Waals surface area contributed by atoms with Gasteiger partial charge in [-0.25, -0.2) is 8.42 Å². The molecule has 0 atom stereocenters. The van der Waals surface area contributed by atoms with Crippen molar-refractivity contribution in [3.63, 3.8) is 0 Å². The van der Waals surface area contributed by atoms with Gasteiger partial charge in [-0.1, -0.05) is 38.1 Å². The molecule has 4 aromatic rings. The molecule has 0 saturated carbocycles. The second kappa shape index (κ2) is 8.51. The molecule has 1 amide bonds. The van der Waals surface area contributed by atoms with E-state index in [1.54, 1.807) is 23.1 Å². The highest BCUT2D eigenvalue weighted by Gasteiger charge is 2.33. The van der Waals surface area contributed by atoms with Crippen LogP contribution in [0.5, 0.6) is 0 Å². The highest BCUT2D eigenvalue weighted by atomic mass is 32.2. The molecule has 2 aromatic carbocycles. The van der Waals surface area contributed by atoms with Crippen LogP contribution in [-0.4, -0.2) is 63.0 Å². The zero-order chi connectivity index (χ0) is 23.2. The van der Waals surface area contributed by atoms with E-state index in [2.05, 4.69) is 27.2 Å². The highest BCUT2D eigenvalue weighted by molar-refractivity contribution is 7.89. The fourth-order valence-corrected chi connectivity index (χ4v) is 6.57. The van der Waals surface area contributed by atoms with Crippen molar-refractivity contribution in [2.75, 3.05) is 26.2 Å². The molecule has 0 spiro atoms. The summed E-state index contributed by atoms with van der Waals surface area (Å²) in [5.74, 6) is 0.395. The Hall–Kier alpha value is -2.82. The monoisotopic (exact) mass is 483 g/mol. The predicted octanol–water partition coefficient (Wildman–Crippen LogP) is 3.45. The molecule has 33 heavy (non-hydrogen) atoms. The van der Waals surface area contributed by atoms with Crippen molar-refractivity contribution in [3.8, 4) is 0 Å². The van der Waals surface area contributed by atoms with Gasteiger partial charge >= 0.3 is 0 Å². The van der Waals surface area contributed by atoms with Crippen molar-refractivity contribution in [1.82, 2.24) is 22.5 Å². The van der Waals surface area contributed by atoms with Gasteiger partial charge in [-0.3, -0.25) is 4.79 Å². The number of piperazine rings is 1. The summed E-state index contributed by atoms with van der Waals surface area (Å²) in [7, 11) is -3.72. The van der Waals surface area contributed by atoms with E-state index in [4.69, 9.17) is 0 Å². The van der Waals surface area contributed by atoms with Crippen molar-refractivity contribution < 1.29 is 13.2 Å². The van der Waals surface area contributed by atoms with Gasteiger partial charge in [0.1, 0.15) is 15.9 Å². The summed E-state index contributed by atoms with van der Waals surface area (Å²) in [6.07, 6.45) is 1.94. The zero-order valence-electron chi connectivity index (χ0n) is 18.5. The summed E-state index contributed by atoms with van der Waals surface area (Å²) < 4.78 is 38.5. The van der Waals surface area contributed by atoms with E-state index in [0.29, 0.717) is 35.6 Å². The number of amides is 1. The van der Waals surface area contributed by atoms with E-state index in [9.17, 15) is 13.2 Å². The average molecular weight is 484 g/mol. The Morgan fingerprint density at radius 3 is 2.55 bits per heavy atom. The number of hydrogen-bond donors (Lipinski definition) is 0. The molecule has 172 valence electrons. The van der Waals surface area contributed by atoms with Crippen LogP contribution in [0.2, 0.25) is 0 Å². The first-order valence-corrected chi connectivity index (χ1v) is 13.1. The first-order valence-electron chi connectivity index (χ1n) is 10.9. The van der Waals surface area contributed by atoms with E-state index in [1.165, 1.54) is 4.31 Å². The average Bonchev–Trinajstić information content (AvgIpc) is 3.43. The van der Waals surface area contributed by atoms with Crippen molar-refractivity contribution in [2.45, 2.75) is 25.3 Å². The van der Waals surface area contributed by atoms with Crippen molar-refractivity contribution in [2.24, 2.45) is 5.92 Å². The quantitative estimate of drug-likeness (QED) is 0.434. The van der Waals surface area contributed by atoms with Crippen LogP contribution in [-0.2, 0) is 16.6 Å². The van der Waals surface area contributed by atoms with Crippen LogP contribution in [0.3, 0.4) is 0 Å². The minimum atomic E-state index is -3.72. The molecule has 1 saturated heterocycles. The lowest BCUT2D eigenvalue weighted by Gasteiger charge is -2.34. The molecule has 10 heteroatoms. The third-order valence-electron chi connectivity index (χ3n) is 5.97. The Morgan fingerprint density at radius 1 is 1.03 bits per heavy atom. The van der Waals surface area contributed by atoms with Crippen LogP contribution in [0.1, 0.15) is 24.2 Å². The Bertz CT molecular complexity index is 1430. The third-order valence-corrected chi connectivity index (χ3v) is 8.45. The highest BCUT2D eigenvalue weighted by Crippen LogP contribution is 2.27. The molecule has 2 aromatic heterocycles. The minimum Gasteiger partial charge on any atom is -0.346 e. The summed E-state index contributed by atoms with van der Waals surface area (Å²) >= 11 is 1.00. The molecule has 3 heterocycles. The van der Waals surface area contributed by atoms with Gasteiger partial charge in [0.25, 0.3) is 5.91 Å². The maximum absolute atomic E-state index is 13.4. The number of carbonyl (C=O) groups is 1. The van der Waals surface area contributed by atoms with Gasteiger partial charge in [-0.2, -0.15) is 13.1 Å². The second-order valence-electron chi connectivity index (χ2n) is 8.69. The molecule has 1 aliphatic rings. The smallest absolute Gasteiger partial charge is 0.256 e. The largest absolute Gasteiger partial charge is 0.346 e. The number of aromatic nitrogens is 3. The number of carbonyl (C=O) groups excluding carboxylic acids is 1. The summed E-state index contributed by atoms with van der Waals surface area (Å²) in [6.45, 7) is 6.30. The van der Waals surface area contributed by atoms with Gasteiger partial charge in [0.05, 0.1) is 17.3 Å². The SMILES string of the molecule is CC(C)Cn1cc(C(=O)N2CCN(S(=O)(=O)c3cccc4nsnc34)CC2)c2ccccc21. The van der Waals surface area contributed by atoms with Gasteiger partial charge in [0.2, 0.25) is 10.0 Å². The molecular weight excluding hydrogens is 458 g/mol. The molecule has 0 radical (unpaired) electrons. The summed E-state index contributed by atoms with van der Waals surface area (Å²) in [5.41, 5.74) is 2.69. The number of para-hydroxylation sites is 1. The molecule has 0 unspecified atom stereocenters. The lowest BCUT2D eigenvalue weighted by molar-refractivity contribution is 0.0699. The van der Waals surface area contributed by atoms with E-state index >= 15 is 0 Å². The molecular formula is C23H25N5O3S2. The number of hydrogen-bond acceptors (Lipinski definition) is 6. The third kappa shape index (κ3) is 3.92. The van der Waals surface area contributed by atoms with Crippen LogP contribution in [0.15, 0.2) is 53.6 Å². The Balaban J connectivity index is 1.37. The summed E-state index contributed by atoms with van der Waals surface area (Å²) in [5, 5.41) is 0.931. The fraction of sp³-hybridized carbons (Fsp3) is 0.348. The fourth-order valence-electron chi connectivity index (χ4n) is 4.39. The Kier molecular flexibility index (Phi) is 5.67. The maximum atomic E-state index is 13.4. The summed E-state index contributed by atoms with van der Waals surface area (Å²) in [4.78, 5) is 15.3. The van der Waals surface area contributed by atoms with Gasteiger partial charge in [0, 0.05) is 49.8 Å². The van der Waals surface area contributed by atoms with Crippen molar-refractivity contribution in [1.29, 1.82) is 0 Å². The summed E-state index contributed by atoms with van der Waals surface area (Å²) in [6, 6.07) is 12.9. The van der Waals surface area contributed by atoms with Crippen LogP contribution >= 0.6 is 11.7 Å². The van der Waals surface area contributed by atoms with Crippen molar-refractivity contribution >= 4 is 49.6 Å². The predicted molar refractivity (Wildman–Crippen MR) is 129 cm³/mol. The van der Waals surface area contributed by atoms with Crippen LogP contribution in [0.25, 0.3) is 21.9 Å². The molecule has 1 fully saturated rings. The maximum Gasteiger partial charge on any atom is 0.256 e. The molecule has 5 rings (SSSR count). The van der Waals surface area contributed by atoms with E-state index < -0.39 is 10.0 Å². The lowest BCUT2D eigenvalue weighted by atomic mass is 10.1. The molecule has 8 nitrogen and oxygen atoms in total. The van der Waals surface area contributed by atoms with Gasteiger partial charge in [-0.05, 0) is 24.1 Å². The number of nitrogens with zero attached hydrogens (tertiary/aromatic N) is 5. The first kappa shape index (κ1) is 22.0. The van der Waals surface area contributed by atoms with Gasteiger partial charge in [-0.15, -0.1) is 0 Å². The van der Waals surface area contributed by atoms with Crippen LogP contribution in [0.4, 0.5) is 0 Å². The topological polar surface area (TPSA) is 88.4 Å². The van der Waals surface area contributed by atoms with Gasteiger partial charge in [0.15, 0.2) is 0 Å². The molecule has 1 aliphatic heterocycles. The van der Waals surface area contributed by atoms with E-state index in [0.717, 1.165) is 29.2 Å². The molecule has 0 aliphatic carbocycles. The molecule has 0 N–H and O–H groups in total. The standard InChI is InChI=1S/C23H25N5O3S2/c1-16(2)14-27-15-18(17-6-3-4-8-20(17)27)23(29)26-10-12-28(13-11-26)33(30,31)21-9-5-7-19-22(21)25-32-24-19/h3-9,15-16H,10-14H2,1-2H3. The van der Waals surface area contributed by atoms with E-state index in [-0.39, 0.29) is 23.9 Å². The first-order chi connectivity index (χ1) is 15.9. The number of fused-ring (bicyclic) bond motifs is 2. The Morgan fingerprint density at radius 2 is 1.79 bits per heavy atom. The Labute approximate surface area is 196 Å². The van der Waals surface area contributed by atoms with Crippen LogP contribution in [0, 0.1) is 5.92 Å².